The number of carbonyl (C=O) groups excluding carboxylic acids is 1. The van der Waals surface area contributed by atoms with Crippen molar-refractivity contribution in [1.29, 1.82) is 0 Å². The van der Waals surface area contributed by atoms with Crippen molar-refractivity contribution >= 4 is 5.78 Å². The Morgan fingerprint density at radius 1 is 1.30 bits per heavy atom. The van der Waals surface area contributed by atoms with Crippen molar-refractivity contribution in [1.82, 2.24) is 0 Å². The summed E-state index contributed by atoms with van der Waals surface area (Å²) >= 11 is 0. The molecule has 0 amide bonds. The number of hydrogen-bond acceptors (Lipinski definition) is 3. The first-order valence-electron chi connectivity index (χ1n) is 8.67. The van der Waals surface area contributed by atoms with Crippen molar-refractivity contribution in [2.75, 3.05) is 0 Å². The van der Waals surface area contributed by atoms with Gasteiger partial charge in [0.1, 0.15) is 0 Å². The van der Waals surface area contributed by atoms with Crippen LogP contribution in [-0.4, -0.2) is 16.5 Å². The van der Waals surface area contributed by atoms with E-state index in [1.165, 1.54) is 0 Å². The molecule has 0 unspecified atom stereocenters. The smallest absolute Gasteiger partial charge is 0.160 e. The fourth-order valence-electron chi connectivity index (χ4n) is 5.32. The molecule has 126 valence electrons. The Morgan fingerprint density at radius 3 is 2.70 bits per heavy atom. The molecule has 2 aliphatic rings. The maximum Gasteiger partial charge on any atom is 0.160 e. The van der Waals surface area contributed by atoms with Crippen molar-refractivity contribution in [3.05, 3.63) is 35.8 Å². The van der Waals surface area contributed by atoms with Gasteiger partial charge >= 0.3 is 0 Å². The van der Waals surface area contributed by atoms with E-state index in [4.69, 9.17) is 4.42 Å². The summed E-state index contributed by atoms with van der Waals surface area (Å²) in [5.41, 5.74) is 0.528. The summed E-state index contributed by atoms with van der Waals surface area (Å²) in [6.45, 7) is 8.40. The van der Waals surface area contributed by atoms with Crippen LogP contribution in [0.3, 0.4) is 0 Å². The van der Waals surface area contributed by atoms with Gasteiger partial charge in [-0.15, -0.1) is 0 Å². The van der Waals surface area contributed by atoms with E-state index in [0.29, 0.717) is 6.42 Å². The number of furan rings is 1. The van der Waals surface area contributed by atoms with Crippen molar-refractivity contribution < 1.29 is 14.3 Å². The molecule has 0 aromatic carbocycles. The number of rotatable bonds is 3. The van der Waals surface area contributed by atoms with E-state index in [0.717, 1.165) is 36.8 Å². The third-order valence-electron chi connectivity index (χ3n) is 6.53. The molecule has 3 rings (SSSR count). The molecular formula is C20H28O3. The minimum atomic E-state index is -0.930. The number of ketones is 1. The summed E-state index contributed by atoms with van der Waals surface area (Å²) in [6, 6.07) is 1.95. The SMILES string of the molecule is CC1=CC(=O)[C@H]2C(C)(C)CCC[C@@]2(C)[C@]1(O)CCc1ccoc1. The summed E-state index contributed by atoms with van der Waals surface area (Å²) < 4.78 is 5.15. The minimum absolute atomic E-state index is 0.0646. The van der Waals surface area contributed by atoms with Crippen LogP contribution >= 0.6 is 0 Å². The maximum absolute atomic E-state index is 12.8. The quantitative estimate of drug-likeness (QED) is 0.904. The molecule has 0 radical (unpaired) electrons. The number of aliphatic hydroxyl groups is 1. The summed E-state index contributed by atoms with van der Waals surface area (Å²) in [5, 5.41) is 11.7. The second-order valence-electron chi connectivity index (χ2n) is 8.41. The van der Waals surface area contributed by atoms with E-state index >= 15 is 0 Å². The van der Waals surface area contributed by atoms with E-state index in [1.54, 1.807) is 18.6 Å². The number of hydrogen-bond donors (Lipinski definition) is 1. The Morgan fingerprint density at radius 2 is 2.04 bits per heavy atom. The van der Waals surface area contributed by atoms with Gasteiger partial charge in [-0.3, -0.25) is 4.79 Å². The predicted octanol–water partition coefficient (Wildman–Crippen LogP) is 4.30. The van der Waals surface area contributed by atoms with E-state index in [-0.39, 0.29) is 17.1 Å². The van der Waals surface area contributed by atoms with Gasteiger partial charge in [0.2, 0.25) is 0 Å². The first-order valence-corrected chi connectivity index (χ1v) is 8.67. The normalized spacial score (nSPS) is 36.5. The second kappa shape index (κ2) is 5.34. The minimum Gasteiger partial charge on any atom is -0.472 e. The molecule has 0 bridgehead atoms. The molecule has 3 heteroatoms. The van der Waals surface area contributed by atoms with Gasteiger partial charge < -0.3 is 9.52 Å². The topological polar surface area (TPSA) is 50.4 Å². The van der Waals surface area contributed by atoms with Crippen molar-refractivity contribution in [3.8, 4) is 0 Å². The van der Waals surface area contributed by atoms with E-state index in [2.05, 4.69) is 20.8 Å². The zero-order valence-electron chi connectivity index (χ0n) is 14.7. The highest BCUT2D eigenvalue weighted by atomic mass is 16.3. The van der Waals surface area contributed by atoms with Crippen molar-refractivity contribution in [3.63, 3.8) is 0 Å². The lowest BCUT2D eigenvalue weighted by atomic mass is 9.46. The Bertz CT molecular complexity index is 625. The number of carbonyl (C=O) groups is 1. The molecule has 0 aliphatic heterocycles. The molecule has 3 atom stereocenters. The molecule has 3 nitrogen and oxygen atoms in total. The molecule has 1 aromatic heterocycles. The summed E-state index contributed by atoms with van der Waals surface area (Å²) in [7, 11) is 0. The maximum atomic E-state index is 12.8. The van der Waals surface area contributed by atoms with Crippen molar-refractivity contribution in [2.45, 2.75) is 65.4 Å². The van der Waals surface area contributed by atoms with Gasteiger partial charge in [-0.1, -0.05) is 27.2 Å². The van der Waals surface area contributed by atoms with Crippen LogP contribution < -0.4 is 0 Å². The van der Waals surface area contributed by atoms with Crippen LogP contribution in [-0.2, 0) is 11.2 Å². The molecule has 1 aromatic rings. The number of allylic oxidation sites excluding steroid dienone is 1. The Balaban J connectivity index is 2.00. The zero-order chi connectivity index (χ0) is 16.9. The van der Waals surface area contributed by atoms with Gasteiger partial charge in [0.15, 0.2) is 5.78 Å². The van der Waals surface area contributed by atoms with E-state index < -0.39 is 11.0 Å². The molecule has 1 N–H and O–H groups in total. The van der Waals surface area contributed by atoms with Crippen LogP contribution in [0.25, 0.3) is 0 Å². The fraction of sp³-hybridized carbons (Fsp3) is 0.650. The highest BCUT2D eigenvalue weighted by Gasteiger charge is 2.61. The highest BCUT2D eigenvalue weighted by molar-refractivity contribution is 5.95. The summed E-state index contributed by atoms with van der Waals surface area (Å²) in [4.78, 5) is 12.8. The zero-order valence-corrected chi connectivity index (χ0v) is 14.7. The Labute approximate surface area is 138 Å². The molecular weight excluding hydrogens is 288 g/mol. The first kappa shape index (κ1) is 16.5. The van der Waals surface area contributed by atoms with Crippen LogP contribution in [0.1, 0.15) is 58.9 Å². The van der Waals surface area contributed by atoms with Gasteiger partial charge in [0, 0.05) is 11.3 Å². The average Bonchev–Trinajstić information content (AvgIpc) is 2.95. The largest absolute Gasteiger partial charge is 0.472 e. The second-order valence-corrected chi connectivity index (χ2v) is 8.41. The van der Waals surface area contributed by atoms with Gasteiger partial charge in [0.25, 0.3) is 0 Å². The van der Waals surface area contributed by atoms with Crippen LogP contribution in [0.5, 0.6) is 0 Å². The summed E-state index contributed by atoms with van der Waals surface area (Å²) in [5.74, 6) is 0.0875. The number of fused-ring (bicyclic) bond motifs is 1. The molecule has 2 aliphatic carbocycles. The lowest BCUT2D eigenvalue weighted by Crippen LogP contribution is -2.61. The van der Waals surface area contributed by atoms with Gasteiger partial charge in [-0.05, 0) is 61.3 Å². The van der Waals surface area contributed by atoms with Crippen molar-refractivity contribution in [2.24, 2.45) is 16.7 Å². The van der Waals surface area contributed by atoms with E-state index in [9.17, 15) is 9.90 Å². The summed E-state index contributed by atoms with van der Waals surface area (Å²) in [6.07, 6.45) is 9.51. The van der Waals surface area contributed by atoms with Gasteiger partial charge in [0.05, 0.1) is 18.1 Å². The lowest BCUT2D eigenvalue weighted by Gasteiger charge is -2.59. The molecule has 1 fully saturated rings. The van der Waals surface area contributed by atoms with Crippen LogP contribution in [0, 0.1) is 16.7 Å². The average molecular weight is 316 g/mol. The number of aryl methyl sites for hydroxylation is 1. The third-order valence-corrected chi connectivity index (χ3v) is 6.53. The first-order chi connectivity index (χ1) is 10.7. The molecule has 23 heavy (non-hydrogen) atoms. The van der Waals surface area contributed by atoms with E-state index in [1.807, 2.05) is 13.0 Å². The predicted molar refractivity (Wildman–Crippen MR) is 90.0 cm³/mol. The molecule has 0 spiro atoms. The standard InChI is InChI=1S/C20H28O3/c1-14-12-16(21)17-18(2,3)8-5-9-19(17,4)20(14,22)10-6-15-7-11-23-13-15/h7,11-13,17,22H,5-6,8-10H2,1-4H3/t17-,19+,20-/m0/s1. The molecule has 0 saturated heterocycles. The van der Waals surface area contributed by atoms with Crippen LogP contribution in [0.4, 0.5) is 0 Å². The Kier molecular flexibility index (Phi) is 3.83. The fourth-order valence-corrected chi connectivity index (χ4v) is 5.32. The van der Waals surface area contributed by atoms with Gasteiger partial charge in [-0.25, -0.2) is 0 Å². The third kappa shape index (κ3) is 2.40. The van der Waals surface area contributed by atoms with Crippen LogP contribution in [0.2, 0.25) is 0 Å². The molecule has 1 heterocycles. The van der Waals surface area contributed by atoms with Crippen LogP contribution in [0.15, 0.2) is 34.7 Å². The highest BCUT2D eigenvalue weighted by Crippen LogP contribution is 2.61. The van der Waals surface area contributed by atoms with Gasteiger partial charge in [-0.2, -0.15) is 0 Å². The lowest BCUT2D eigenvalue weighted by molar-refractivity contribution is -0.163. The Hall–Kier alpha value is -1.35. The molecule has 1 saturated carbocycles. The monoisotopic (exact) mass is 316 g/mol.